The summed E-state index contributed by atoms with van der Waals surface area (Å²) in [6, 6.07) is 3.39. The lowest BCUT2D eigenvalue weighted by atomic mass is 10.1. The molecular formula is C12H17ClN2O3S. The Labute approximate surface area is 121 Å². The van der Waals surface area contributed by atoms with E-state index in [1.807, 2.05) is 13.0 Å². The molecule has 0 aliphatic heterocycles. The molecule has 0 aliphatic rings. The van der Waals surface area contributed by atoms with Gasteiger partial charge in [0.15, 0.2) is 0 Å². The van der Waals surface area contributed by atoms with E-state index in [0.29, 0.717) is 23.8 Å². The van der Waals surface area contributed by atoms with E-state index in [0.717, 1.165) is 4.88 Å². The maximum atomic E-state index is 11.5. The van der Waals surface area contributed by atoms with Crippen molar-refractivity contribution in [2.45, 2.75) is 26.3 Å². The fraction of sp³-hybridized carbons (Fsp3) is 0.500. The number of halogens is 1. The van der Waals surface area contributed by atoms with Crippen molar-refractivity contribution in [3.63, 3.8) is 0 Å². The molecule has 0 radical (unpaired) electrons. The van der Waals surface area contributed by atoms with Crippen molar-refractivity contribution in [3.8, 4) is 0 Å². The van der Waals surface area contributed by atoms with E-state index in [-0.39, 0.29) is 18.4 Å². The van der Waals surface area contributed by atoms with Crippen molar-refractivity contribution in [2.24, 2.45) is 5.92 Å². The van der Waals surface area contributed by atoms with Gasteiger partial charge in [0.05, 0.1) is 10.9 Å². The number of carbonyl (C=O) groups excluding carboxylic acids is 1. The second-order valence-electron chi connectivity index (χ2n) is 4.31. The molecule has 3 N–H and O–H groups in total. The number of hydrogen-bond donors (Lipinski definition) is 3. The second-order valence-corrected chi connectivity index (χ2v) is 6.11. The molecule has 0 aromatic carbocycles. The third-order valence-corrected chi connectivity index (χ3v) is 3.75. The monoisotopic (exact) mass is 304 g/mol. The number of carboxylic acids is 1. The molecule has 1 rings (SSSR count). The molecule has 1 aromatic heterocycles. The Morgan fingerprint density at radius 1 is 1.42 bits per heavy atom. The van der Waals surface area contributed by atoms with E-state index in [2.05, 4.69) is 10.6 Å². The molecule has 0 bridgehead atoms. The second kappa shape index (κ2) is 8.01. The van der Waals surface area contributed by atoms with Crippen LogP contribution in [0.5, 0.6) is 0 Å². The lowest BCUT2D eigenvalue weighted by Gasteiger charge is -2.11. The van der Waals surface area contributed by atoms with Crippen LogP contribution in [0.4, 0.5) is 4.79 Å². The van der Waals surface area contributed by atoms with E-state index in [9.17, 15) is 9.59 Å². The maximum Gasteiger partial charge on any atom is 0.315 e. The third-order valence-electron chi connectivity index (χ3n) is 2.51. The van der Waals surface area contributed by atoms with E-state index in [4.69, 9.17) is 16.7 Å². The molecular weight excluding hydrogens is 288 g/mol. The number of carboxylic acid groups (broad SMARTS) is 1. The highest BCUT2D eigenvalue weighted by Gasteiger charge is 2.07. The Hall–Kier alpha value is -1.27. The molecule has 0 fully saturated rings. The first-order chi connectivity index (χ1) is 8.97. The minimum absolute atomic E-state index is 0.123. The number of urea groups is 1. The zero-order chi connectivity index (χ0) is 14.3. The molecule has 2 amide bonds. The van der Waals surface area contributed by atoms with Crippen molar-refractivity contribution in [1.29, 1.82) is 0 Å². The largest absolute Gasteiger partial charge is 0.481 e. The summed E-state index contributed by atoms with van der Waals surface area (Å²) in [6.07, 6.45) is 0.675. The van der Waals surface area contributed by atoms with Gasteiger partial charge in [-0.25, -0.2) is 4.79 Å². The fourth-order valence-corrected chi connectivity index (χ4v) is 2.44. The van der Waals surface area contributed by atoms with Gasteiger partial charge in [-0.3, -0.25) is 4.79 Å². The minimum Gasteiger partial charge on any atom is -0.481 e. The van der Waals surface area contributed by atoms with Crippen LogP contribution in [0.1, 0.15) is 24.6 Å². The highest BCUT2D eigenvalue weighted by molar-refractivity contribution is 7.16. The number of aliphatic carboxylic acids is 1. The number of thiophene rings is 1. The van der Waals surface area contributed by atoms with E-state index in [1.54, 1.807) is 6.07 Å². The molecule has 1 aromatic rings. The van der Waals surface area contributed by atoms with Gasteiger partial charge in [0.25, 0.3) is 0 Å². The van der Waals surface area contributed by atoms with E-state index in [1.165, 1.54) is 11.3 Å². The van der Waals surface area contributed by atoms with Gasteiger partial charge in [-0.15, -0.1) is 11.3 Å². The van der Waals surface area contributed by atoms with E-state index < -0.39 is 5.97 Å². The zero-order valence-corrected chi connectivity index (χ0v) is 12.2. The van der Waals surface area contributed by atoms with Crippen LogP contribution in [0.2, 0.25) is 4.34 Å². The molecule has 5 nitrogen and oxygen atoms in total. The van der Waals surface area contributed by atoms with Crippen LogP contribution < -0.4 is 10.6 Å². The van der Waals surface area contributed by atoms with Crippen LogP contribution in [0.3, 0.4) is 0 Å². The minimum atomic E-state index is -0.814. The SMILES string of the molecule is CC(CCC(=O)O)CNC(=O)NCc1ccc(Cl)s1. The zero-order valence-electron chi connectivity index (χ0n) is 10.6. The summed E-state index contributed by atoms with van der Waals surface area (Å²) >= 11 is 7.20. The topological polar surface area (TPSA) is 78.4 Å². The molecule has 1 atom stereocenters. The Morgan fingerprint density at radius 3 is 2.74 bits per heavy atom. The number of nitrogens with one attached hydrogen (secondary N) is 2. The molecule has 106 valence electrons. The lowest BCUT2D eigenvalue weighted by Crippen LogP contribution is -2.37. The number of hydrogen-bond acceptors (Lipinski definition) is 3. The Morgan fingerprint density at radius 2 is 2.16 bits per heavy atom. The number of carbonyl (C=O) groups is 2. The van der Waals surface area contributed by atoms with Gasteiger partial charge in [0.2, 0.25) is 0 Å². The van der Waals surface area contributed by atoms with Gasteiger partial charge in [-0.1, -0.05) is 18.5 Å². The van der Waals surface area contributed by atoms with Gasteiger partial charge >= 0.3 is 12.0 Å². The molecule has 0 saturated carbocycles. The van der Waals surface area contributed by atoms with Gasteiger partial charge in [-0.2, -0.15) is 0 Å². The standard InChI is InChI=1S/C12H17ClN2O3S/c1-8(2-5-11(16)17)6-14-12(18)15-7-9-3-4-10(13)19-9/h3-4,8H,2,5-7H2,1H3,(H,16,17)(H2,14,15,18). The summed E-state index contributed by atoms with van der Waals surface area (Å²) in [7, 11) is 0. The number of rotatable bonds is 7. The summed E-state index contributed by atoms with van der Waals surface area (Å²) in [5.41, 5.74) is 0. The average Bonchev–Trinajstić information content (AvgIpc) is 2.77. The Kier molecular flexibility index (Phi) is 6.66. The lowest BCUT2D eigenvalue weighted by molar-refractivity contribution is -0.137. The van der Waals surface area contributed by atoms with E-state index >= 15 is 0 Å². The first kappa shape index (κ1) is 15.8. The van der Waals surface area contributed by atoms with Crippen molar-refractivity contribution < 1.29 is 14.7 Å². The van der Waals surface area contributed by atoms with Crippen LogP contribution in [0.15, 0.2) is 12.1 Å². The summed E-state index contributed by atoms with van der Waals surface area (Å²) < 4.78 is 0.694. The smallest absolute Gasteiger partial charge is 0.315 e. The van der Waals surface area contributed by atoms with Crippen LogP contribution in [0.25, 0.3) is 0 Å². The van der Waals surface area contributed by atoms with Gasteiger partial charge in [0.1, 0.15) is 0 Å². The molecule has 0 saturated heterocycles. The van der Waals surface area contributed by atoms with Crippen LogP contribution in [-0.4, -0.2) is 23.7 Å². The molecule has 1 unspecified atom stereocenters. The third kappa shape index (κ3) is 7.03. The maximum absolute atomic E-state index is 11.5. The summed E-state index contributed by atoms with van der Waals surface area (Å²) in [5, 5.41) is 14.0. The predicted molar refractivity (Wildman–Crippen MR) is 75.6 cm³/mol. The average molecular weight is 305 g/mol. The molecule has 0 aliphatic carbocycles. The van der Waals surface area contributed by atoms with Gasteiger partial charge < -0.3 is 15.7 Å². The highest BCUT2D eigenvalue weighted by Crippen LogP contribution is 2.20. The Balaban J connectivity index is 2.15. The highest BCUT2D eigenvalue weighted by atomic mass is 35.5. The van der Waals surface area contributed by atoms with Crippen LogP contribution >= 0.6 is 22.9 Å². The van der Waals surface area contributed by atoms with Crippen molar-refractivity contribution in [1.82, 2.24) is 10.6 Å². The molecule has 0 spiro atoms. The van der Waals surface area contributed by atoms with Crippen LogP contribution in [0, 0.1) is 5.92 Å². The first-order valence-corrected chi connectivity index (χ1v) is 7.14. The van der Waals surface area contributed by atoms with Gasteiger partial charge in [0, 0.05) is 17.8 Å². The Bertz CT molecular complexity index is 436. The van der Waals surface area contributed by atoms with Crippen molar-refractivity contribution >= 4 is 34.9 Å². The van der Waals surface area contributed by atoms with Crippen LogP contribution in [-0.2, 0) is 11.3 Å². The van der Waals surface area contributed by atoms with Gasteiger partial charge in [-0.05, 0) is 24.5 Å². The first-order valence-electron chi connectivity index (χ1n) is 5.95. The quantitative estimate of drug-likeness (QED) is 0.724. The normalized spacial score (nSPS) is 11.9. The predicted octanol–water partition coefficient (Wildman–Crippen LogP) is 2.70. The summed E-state index contributed by atoms with van der Waals surface area (Å²) in [6.45, 7) is 2.80. The molecule has 7 heteroatoms. The molecule has 1 heterocycles. The van der Waals surface area contributed by atoms with Crippen molar-refractivity contribution in [3.05, 3.63) is 21.3 Å². The van der Waals surface area contributed by atoms with Crippen molar-refractivity contribution in [2.75, 3.05) is 6.54 Å². The summed E-state index contributed by atoms with van der Waals surface area (Å²) in [5.74, 6) is -0.677. The molecule has 19 heavy (non-hydrogen) atoms. The fourth-order valence-electron chi connectivity index (χ4n) is 1.42. The summed E-state index contributed by atoms with van der Waals surface area (Å²) in [4.78, 5) is 22.9. The number of amides is 2.